The molecule has 4 bridgehead atoms. The number of carbonyl (C=O) groups excluding carboxylic acids is 2. The summed E-state index contributed by atoms with van der Waals surface area (Å²) in [6, 6.07) is 9.86. The summed E-state index contributed by atoms with van der Waals surface area (Å²) in [7, 11) is -7.28. The second kappa shape index (κ2) is 21.8. The number of amides is 2. The summed E-state index contributed by atoms with van der Waals surface area (Å²) in [4.78, 5) is 34.7. The number of thiazole rings is 2. The van der Waals surface area contributed by atoms with Crippen LogP contribution >= 0.6 is 38.6 Å². The third kappa shape index (κ3) is 14.3. The number of nitrogens with two attached hydrogens (primary N) is 2. The predicted molar refractivity (Wildman–Crippen MR) is 291 cm³/mol. The molecule has 6 aliphatic rings. The molecule has 0 spiro atoms. The van der Waals surface area contributed by atoms with Crippen molar-refractivity contribution in [1.29, 1.82) is 0 Å². The molecule has 6 aliphatic carbocycles. The second-order valence-corrected chi connectivity index (χ2v) is 29.5. The maximum atomic E-state index is 13.2. The van der Waals surface area contributed by atoms with E-state index in [4.69, 9.17) is 25.9 Å². The summed E-state index contributed by atoms with van der Waals surface area (Å²) in [5.74, 6) is 0. The summed E-state index contributed by atoms with van der Waals surface area (Å²) in [5.41, 5.74) is 12.5. The summed E-state index contributed by atoms with van der Waals surface area (Å²) < 4.78 is 67.5. The normalized spacial score (nSPS) is 23.9. The van der Waals surface area contributed by atoms with Crippen LogP contribution < -0.4 is 31.5 Å². The van der Waals surface area contributed by atoms with E-state index >= 15 is 0 Å². The zero-order chi connectivity index (χ0) is 53.3. The van der Waals surface area contributed by atoms with Crippen molar-refractivity contribution in [3.05, 3.63) is 68.2 Å². The Morgan fingerprint density at radius 1 is 0.625 bits per heavy atom. The van der Waals surface area contributed by atoms with Gasteiger partial charge in [-0.05, 0) is 199 Å². The lowest BCUT2D eigenvalue weighted by Crippen LogP contribution is -2.58. The van der Waals surface area contributed by atoms with Crippen LogP contribution in [0.5, 0.6) is 0 Å². The molecule has 2 aromatic carbocycles. The molecule has 4 aromatic rings. The molecule has 0 aliphatic heterocycles. The van der Waals surface area contributed by atoms with Crippen LogP contribution in [0.3, 0.4) is 0 Å². The van der Waals surface area contributed by atoms with Gasteiger partial charge in [-0.25, -0.2) is 45.8 Å². The molecule has 21 heteroatoms. The SMILES string of the molecule is CC(C)OC(=O)NC12CCC(c3ncc(-c4ccc(N)cc4S(=O)(=O)NC(C)(C)C)s3)(CC1)CC2.CC(C)OC(=O)NC12CCC(c3ncc(Br)s3)(CC1)CC2.Cc1ccc(N)cc1S(=O)(=O)NC(C)(C)C. The summed E-state index contributed by atoms with van der Waals surface area (Å²) in [5, 5.41) is 8.57. The topological polar surface area (TPSA) is 247 Å². The molecule has 0 saturated heterocycles. The molecule has 2 aromatic heterocycles. The molecule has 10 rings (SSSR count). The van der Waals surface area contributed by atoms with Crippen molar-refractivity contribution in [2.75, 3.05) is 11.5 Å². The molecule has 6 saturated carbocycles. The monoisotopic (exact) mass is 1130 g/mol. The number of sulfonamides is 2. The fourth-order valence-electron chi connectivity index (χ4n) is 10.2. The Labute approximate surface area is 443 Å². The van der Waals surface area contributed by atoms with Crippen LogP contribution in [-0.4, -0.2) is 73.4 Å². The zero-order valence-corrected chi connectivity index (χ0v) is 48.4. The van der Waals surface area contributed by atoms with Gasteiger partial charge in [-0.15, -0.1) is 22.7 Å². The van der Waals surface area contributed by atoms with Crippen LogP contribution in [-0.2, 0) is 40.4 Å². The predicted octanol–water partition coefficient (Wildman–Crippen LogP) is 11.0. The van der Waals surface area contributed by atoms with Gasteiger partial charge >= 0.3 is 12.2 Å². The number of aryl methyl sites for hydroxylation is 1. The average Bonchev–Trinajstić information content (AvgIpc) is 3.95. The Morgan fingerprint density at radius 3 is 1.42 bits per heavy atom. The number of hydrogen-bond acceptors (Lipinski definition) is 14. The van der Waals surface area contributed by atoms with E-state index in [0.29, 0.717) is 22.5 Å². The lowest BCUT2D eigenvalue weighted by molar-refractivity contribution is 0.0555. The largest absolute Gasteiger partial charge is 0.447 e. The highest BCUT2D eigenvalue weighted by atomic mass is 79.9. The highest BCUT2D eigenvalue weighted by molar-refractivity contribution is 9.11. The molecule has 16 nitrogen and oxygen atoms in total. The van der Waals surface area contributed by atoms with Crippen LogP contribution in [0, 0.1) is 6.92 Å². The molecule has 8 N–H and O–H groups in total. The van der Waals surface area contributed by atoms with Crippen LogP contribution in [0.15, 0.2) is 62.4 Å². The number of anilines is 2. The Balaban J connectivity index is 0.000000194. The van der Waals surface area contributed by atoms with Gasteiger partial charge in [0.25, 0.3) is 0 Å². The van der Waals surface area contributed by atoms with Gasteiger partial charge in [0.1, 0.15) is 0 Å². The van der Waals surface area contributed by atoms with Crippen molar-refractivity contribution in [3.63, 3.8) is 0 Å². The minimum atomic E-state index is -3.78. The average molecular weight is 1140 g/mol. The molecule has 2 heterocycles. The fraction of sp³-hybridized carbons (Fsp3) is 0.608. The Hall–Kier alpha value is -3.86. The summed E-state index contributed by atoms with van der Waals surface area (Å²) >= 11 is 6.83. The smallest absolute Gasteiger partial charge is 0.407 e. The lowest BCUT2D eigenvalue weighted by Gasteiger charge is -2.52. The lowest BCUT2D eigenvalue weighted by atomic mass is 9.57. The van der Waals surface area contributed by atoms with Gasteiger partial charge < -0.3 is 31.6 Å². The van der Waals surface area contributed by atoms with E-state index < -0.39 is 31.1 Å². The van der Waals surface area contributed by atoms with E-state index in [-0.39, 0.29) is 56.1 Å². The summed E-state index contributed by atoms with van der Waals surface area (Å²) in [6.45, 7) is 20.0. The minimum absolute atomic E-state index is 0.0369. The van der Waals surface area contributed by atoms with Gasteiger partial charge in [0, 0.05) is 56.1 Å². The first-order valence-corrected chi connectivity index (χ1v) is 30.1. The number of nitrogens with one attached hydrogen (secondary N) is 4. The van der Waals surface area contributed by atoms with E-state index in [2.05, 4.69) is 41.0 Å². The molecule has 0 unspecified atom stereocenters. The molecule has 0 atom stereocenters. The standard InChI is InChI=1S/C25H36N4O4S2.C15H21BrN2O2S.C11H18N2O2S/c1-16(2)33-22(30)28-25-11-8-24(9-12-25,10-13-25)21-27-15-19(34-21)18-7-6-17(26)14-20(18)35(31,32)29-23(3,4)5;1-10(2)20-13(19)18-15-6-3-14(4-7-15,5-8-15)12-17-9-11(16)21-12;1-8-5-6-9(12)7-10(8)16(14,15)13-11(2,3)4/h6-7,14-16,29H,8-13,26H2,1-5H3,(H,28,30);9-10H,3-8H2,1-2H3,(H,18,19);5-7,13H,12H2,1-4H3. The highest BCUT2D eigenvalue weighted by Gasteiger charge is 2.53. The maximum Gasteiger partial charge on any atom is 0.407 e. The Kier molecular flexibility index (Phi) is 17.4. The number of nitrogen functional groups attached to an aromatic ring is 2. The molecular weight excluding hydrogens is 1060 g/mol. The Bertz CT molecular complexity index is 2770. The zero-order valence-electron chi connectivity index (χ0n) is 43.6. The van der Waals surface area contributed by atoms with E-state index in [1.54, 1.807) is 80.8 Å². The molecule has 6 fully saturated rings. The van der Waals surface area contributed by atoms with E-state index in [9.17, 15) is 26.4 Å². The van der Waals surface area contributed by atoms with Crippen LogP contribution in [0.1, 0.15) is 162 Å². The van der Waals surface area contributed by atoms with Gasteiger partial charge in [0.2, 0.25) is 20.0 Å². The maximum absolute atomic E-state index is 13.2. The van der Waals surface area contributed by atoms with Gasteiger partial charge in [-0.3, -0.25) is 0 Å². The number of halogens is 1. The van der Waals surface area contributed by atoms with E-state index in [1.807, 2.05) is 54.7 Å². The fourth-order valence-corrected chi connectivity index (χ4v) is 16.4. The minimum Gasteiger partial charge on any atom is -0.447 e. The number of benzene rings is 2. The van der Waals surface area contributed by atoms with Crippen molar-refractivity contribution in [3.8, 4) is 10.4 Å². The van der Waals surface area contributed by atoms with Crippen LogP contribution in [0.25, 0.3) is 10.4 Å². The van der Waals surface area contributed by atoms with Gasteiger partial charge in [-0.2, -0.15) is 0 Å². The van der Waals surface area contributed by atoms with Gasteiger partial charge in [0.05, 0.1) is 46.9 Å². The number of aromatic nitrogens is 2. The first-order chi connectivity index (χ1) is 33.3. The van der Waals surface area contributed by atoms with Crippen molar-refractivity contribution >= 4 is 82.2 Å². The first kappa shape index (κ1) is 57.4. The molecule has 0 radical (unpaired) electrons. The van der Waals surface area contributed by atoms with Crippen LogP contribution in [0.2, 0.25) is 0 Å². The Morgan fingerprint density at radius 2 is 1.01 bits per heavy atom. The third-order valence-corrected chi connectivity index (χ3v) is 20.4. The molecule has 2 amide bonds. The van der Waals surface area contributed by atoms with E-state index in [1.165, 1.54) is 17.1 Å². The van der Waals surface area contributed by atoms with E-state index in [0.717, 1.165) is 90.7 Å². The van der Waals surface area contributed by atoms with Crippen molar-refractivity contribution in [2.24, 2.45) is 0 Å². The number of alkyl carbamates (subject to hydrolysis) is 2. The van der Waals surface area contributed by atoms with Crippen LogP contribution in [0.4, 0.5) is 21.0 Å². The molecular formula is C51H75BrN8O8S4. The number of ether oxygens (including phenoxy) is 2. The number of fused-ring (bicyclic) bond motifs is 6. The molecule has 398 valence electrons. The van der Waals surface area contributed by atoms with Gasteiger partial charge in [-0.1, -0.05) is 12.1 Å². The first-order valence-electron chi connectivity index (χ1n) is 24.7. The second-order valence-electron chi connectivity index (χ2n) is 22.8. The van der Waals surface area contributed by atoms with Crippen molar-refractivity contribution in [1.82, 2.24) is 30.0 Å². The van der Waals surface area contributed by atoms with Gasteiger partial charge in [0.15, 0.2) is 0 Å². The van der Waals surface area contributed by atoms with Crippen molar-refractivity contribution < 1.29 is 35.9 Å². The number of nitrogens with zero attached hydrogens (tertiary/aromatic N) is 2. The molecule has 72 heavy (non-hydrogen) atoms. The number of hydrogen-bond donors (Lipinski definition) is 6. The quantitative estimate of drug-likeness (QED) is 0.0768. The summed E-state index contributed by atoms with van der Waals surface area (Å²) in [6.07, 6.45) is 14.7. The highest BCUT2D eigenvalue weighted by Crippen LogP contribution is 2.56. The van der Waals surface area contributed by atoms with Crippen molar-refractivity contribution in [2.45, 2.75) is 208 Å². The number of rotatable bonds is 11. The third-order valence-electron chi connectivity index (χ3n) is 13.7. The number of carbonyl (C=O) groups is 2.